The number of pyridine rings is 1. The Morgan fingerprint density at radius 3 is 2.92 bits per heavy atom. The number of hydrogen-bond donors (Lipinski definition) is 0. The predicted molar refractivity (Wildman–Crippen MR) is 45.8 cm³/mol. The van der Waals surface area contributed by atoms with Crippen LogP contribution in [0.4, 0.5) is 0 Å². The van der Waals surface area contributed by atoms with Crippen molar-refractivity contribution in [2.24, 2.45) is 0 Å². The van der Waals surface area contributed by atoms with Crippen LogP contribution in [-0.2, 0) is 0 Å². The second-order valence-electron chi connectivity index (χ2n) is 2.66. The Morgan fingerprint density at radius 1 is 1.33 bits per heavy atom. The third-order valence-electron chi connectivity index (χ3n) is 1.81. The Hall–Kier alpha value is -0.580. The Labute approximate surface area is 82.2 Å². The van der Waals surface area contributed by atoms with Gasteiger partial charge in [-0.15, -0.1) is 0 Å². The summed E-state index contributed by atoms with van der Waals surface area (Å²) in [5.41, 5.74) is 2.24. The summed E-state index contributed by atoms with van der Waals surface area (Å²) in [6, 6.07) is 6.32. The number of hydrogen-bond acceptors (Lipinski definition) is 1. The van der Waals surface area contributed by atoms with Gasteiger partial charge in [-0.05, 0) is 0 Å². The standard InChI is InChI=1S/C9H10IN2/c1-7-3-4-8-5-6-12(10-2)9(8)11-7/h3-6H,1-2H3/q-1. The van der Waals surface area contributed by atoms with E-state index in [0.717, 1.165) is 11.3 Å². The van der Waals surface area contributed by atoms with Gasteiger partial charge in [0.2, 0.25) is 0 Å². The van der Waals surface area contributed by atoms with Crippen molar-refractivity contribution in [3.63, 3.8) is 0 Å². The van der Waals surface area contributed by atoms with Crippen LogP contribution in [0, 0.1) is 6.92 Å². The van der Waals surface area contributed by atoms with Crippen molar-refractivity contribution in [1.82, 2.24) is 7.76 Å². The topological polar surface area (TPSA) is 17.8 Å². The molecule has 2 heterocycles. The molecule has 2 aromatic rings. The molecule has 2 nitrogen and oxygen atoms in total. The van der Waals surface area contributed by atoms with E-state index in [1.54, 1.807) is 0 Å². The summed E-state index contributed by atoms with van der Waals surface area (Å²) in [7, 11) is 0. The minimum absolute atomic E-state index is 0.0861. The number of aryl methyl sites for hydroxylation is 1. The Balaban J connectivity index is 2.75. The molecule has 0 atom stereocenters. The van der Waals surface area contributed by atoms with Gasteiger partial charge in [0.25, 0.3) is 0 Å². The second kappa shape index (κ2) is 3.05. The molecule has 3 heteroatoms. The van der Waals surface area contributed by atoms with Gasteiger partial charge in [0, 0.05) is 0 Å². The molecule has 2 aromatic heterocycles. The zero-order valence-corrected chi connectivity index (χ0v) is 9.24. The van der Waals surface area contributed by atoms with Crippen LogP contribution in [0.1, 0.15) is 5.69 Å². The fourth-order valence-electron chi connectivity index (χ4n) is 1.21. The maximum absolute atomic E-state index is 4.50. The van der Waals surface area contributed by atoms with Gasteiger partial charge in [0.1, 0.15) is 0 Å². The Kier molecular flexibility index (Phi) is 2.04. The van der Waals surface area contributed by atoms with Gasteiger partial charge in [-0.1, -0.05) is 0 Å². The SMILES string of the molecule is C[I-]n1ccc2ccc(C)nc21. The van der Waals surface area contributed by atoms with Gasteiger partial charge >= 0.3 is 82.2 Å². The number of nitrogens with zero attached hydrogens (tertiary/aromatic N) is 2. The molecule has 2 rings (SSSR count). The van der Waals surface area contributed by atoms with E-state index in [2.05, 4.69) is 37.1 Å². The zero-order chi connectivity index (χ0) is 8.55. The minimum atomic E-state index is 0.0861. The molecular formula is C9H10IN2-. The molecule has 64 valence electrons. The van der Waals surface area contributed by atoms with E-state index in [4.69, 9.17) is 0 Å². The van der Waals surface area contributed by atoms with E-state index in [9.17, 15) is 0 Å². The summed E-state index contributed by atoms with van der Waals surface area (Å²) >= 11 is 0.0861. The van der Waals surface area contributed by atoms with Crippen LogP contribution in [0.2, 0.25) is 0 Å². The maximum atomic E-state index is 4.50. The molecule has 0 aliphatic carbocycles. The molecular weight excluding hydrogens is 263 g/mol. The van der Waals surface area contributed by atoms with Crippen LogP contribution in [0.5, 0.6) is 0 Å². The average molecular weight is 273 g/mol. The number of fused-ring (bicyclic) bond motifs is 1. The number of halogens is 1. The molecule has 0 bridgehead atoms. The molecule has 0 spiro atoms. The third kappa shape index (κ3) is 1.22. The van der Waals surface area contributed by atoms with Crippen LogP contribution in [0.25, 0.3) is 11.0 Å². The average Bonchev–Trinajstić information content (AvgIpc) is 2.46. The molecule has 12 heavy (non-hydrogen) atoms. The van der Waals surface area contributed by atoms with E-state index in [1.807, 2.05) is 6.92 Å². The molecule has 0 fully saturated rings. The fourth-order valence-corrected chi connectivity index (χ4v) is 2.53. The first-order chi connectivity index (χ1) is 5.81. The summed E-state index contributed by atoms with van der Waals surface area (Å²) in [4.78, 5) is 6.74. The van der Waals surface area contributed by atoms with Crippen LogP contribution in [-0.4, -0.2) is 12.7 Å². The van der Waals surface area contributed by atoms with Gasteiger partial charge in [-0.3, -0.25) is 0 Å². The van der Waals surface area contributed by atoms with E-state index in [-0.39, 0.29) is 21.5 Å². The first-order valence-electron chi connectivity index (χ1n) is 3.76. The summed E-state index contributed by atoms with van der Waals surface area (Å²) in [5, 5.41) is 1.25. The van der Waals surface area contributed by atoms with E-state index >= 15 is 0 Å². The van der Waals surface area contributed by atoms with E-state index < -0.39 is 0 Å². The quantitative estimate of drug-likeness (QED) is 0.473. The molecule has 0 amide bonds. The Morgan fingerprint density at radius 2 is 2.17 bits per heavy atom. The molecule has 0 saturated heterocycles. The zero-order valence-electron chi connectivity index (χ0n) is 7.08. The molecule has 0 aliphatic heterocycles. The first kappa shape index (κ1) is 8.04. The van der Waals surface area contributed by atoms with Crippen LogP contribution < -0.4 is 21.5 Å². The van der Waals surface area contributed by atoms with Crippen molar-refractivity contribution in [2.75, 3.05) is 4.93 Å². The van der Waals surface area contributed by atoms with Gasteiger partial charge in [0.15, 0.2) is 0 Å². The van der Waals surface area contributed by atoms with Crippen LogP contribution >= 0.6 is 0 Å². The van der Waals surface area contributed by atoms with Crippen LogP contribution in [0.3, 0.4) is 0 Å². The number of rotatable bonds is 1. The molecule has 0 aliphatic rings. The van der Waals surface area contributed by atoms with Gasteiger partial charge in [0.05, 0.1) is 0 Å². The monoisotopic (exact) mass is 273 g/mol. The van der Waals surface area contributed by atoms with Crippen LogP contribution in [0.15, 0.2) is 24.4 Å². The summed E-state index contributed by atoms with van der Waals surface area (Å²) < 4.78 is 2.27. The number of alkyl halides is 1. The van der Waals surface area contributed by atoms with Crippen molar-refractivity contribution in [1.29, 1.82) is 0 Å². The van der Waals surface area contributed by atoms with Gasteiger partial charge < -0.3 is 0 Å². The predicted octanol–water partition coefficient (Wildman–Crippen LogP) is -1.17. The van der Waals surface area contributed by atoms with Crippen molar-refractivity contribution >= 4 is 11.0 Å². The van der Waals surface area contributed by atoms with Crippen molar-refractivity contribution < 1.29 is 21.5 Å². The van der Waals surface area contributed by atoms with Gasteiger partial charge in [-0.25, -0.2) is 0 Å². The van der Waals surface area contributed by atoms with E-state index in [1.165, 1.54) is 5.39 Å². The van der Waals surface area contributed by atoms with Crippen molar-refractivity contribution in [2.45, 2.75) is 6.92 Å². The normalized spacial score (nSPS) is 11.2. The van der Waals surface area contributed by atoms with Crippen molar-refractivity contribution in [3.8, 4) is 0 Å². The molecule has 0 N–H and O–H groups in total. The molecule has 0 radical (unpaired) electrons. The third-order valence-corrected chi connectivity index (χ3v) is 3.63. The van der Waals surface area contributed by atoms with Gasteiger partial charge in [-0.2, -0.15) is 0 Å². The number of aromatic nitrogens is 2. The summed E-state index contributed by atoms with van der Waals surface area (Å²) in [6.07, 6.45) is 2.13. The molecule has 0 saturated carbocycles. The molecule has 0 aromatic carbocycles. The fraction of sp³-hybridized carbons (Fsp3) is 0.222. The summed E-state index contributed by atoms with van der Waals surface area (Å²) in [6.45, 7) is 2.03. The Bertz CT molecular complexity index is 406. The van der Waals surface area contributed by atoms with Crippen molar-refractivity contribution in [3.05, 3.63) is 30.1 Å². The first-order valence-corrected chi connectivity index (χ1v) is 6.88. The molecule has 0 unspecified atom stereocenters. The second-order valence-corrected chi connectivity index (χ2v) is 4.67. The van der Waals surface area contributed by atoms with E-state index in [0.29, 0.717) is 0 Å². The summed E-state index contributed by atoms with van der Waals surface area (Å²) in [5.74, 6) is 0.